The number of phenols is 1. The molecular formula is C26H35F3N2O. The smallest absolute Gasteiger partial charge is 0.416 e. The average Bonchev–Trinajstić information content (AvgIpc) is 2.68. The maximum Gasteiger partial charge on any atom is 0.416 e. The predicted molar refractivity (Wildman–Crippen MR) is 124 cm³/mol. The summed E-state index contributed by atoms with van der Waals surface area (Å²) in [4.78, 5) is 4.26. The molecule has 1 saturated heterocycles. The molecule has 0 unspecified atom stereocenters. The highest BCUT2D eigenvalue weighted by Gasteiger charge is 2.31. The fourth-order valence-corrected chi connectivity index (χ4v) is 4.10. The van der Waals surface area contributed by atoms with E-state index in [2.05, 4.69) is 58.6 Å². The molecule has 0 radical (unpaired) electrons. The van der Waals surface area contributed by atoms with E-state index in [1.807, 2.05) is 4.90 Å². The van der Waals surface area contributed by atoms with Gasteiger partial charge in [-0.1, -0.05) is 59.7 Å². The summed E-state index contributed by atoms with van der Waals surface area (Å²) >= 11 is 0. The molecule has 0 bridgehead atoms. The first-order valence-corrected chi connectivity index (χ1v) is 11.2. The van der Waals surface area contributed by atoms with Crippen LogP contribution in [0, 0.1) is 0 Å². The highest BCUT2D eigenvalue weighted by molar-refractivity contribution is 5.50. The molecule has 0 amide bonds. The zero-order chi connectivity index (χ0) is 23.9. The second-order valence-corrected chi connectivity index (χ2v) is 10.8. The molecule has 0 aromatic heterocycles. The summed E-state index contributed by atoms with van der Waals surface area (Å²) in [7, 11) is 0. The van der Waals surface area contributed by atoms with Gasteiger partial charge in [0.15, 0.2) is 0 Å². The maximum atomic E-state index is 13.1. The lowest BCUT2D eigenvalue weighted by Crippen LogP contribution is -2.46. The van der Waals surface area contributed by atoms with E-state index < -0.39 is 11.7 Å². The summed E-state index contributed by atoms with van der Waals surface area (Å²) in [5, 5.41) is 11.0. The Morgan fingerprint density at radius 2 is 1.44 bits per heavy atom. The van der Waals surface area contributed by atoms with Crippen molar-refractivity contribution in [3.8, 4) is 5.75 Å². The molecule has 2 aromatic carbocycles. The number of alkyl halides is 3. The van der Waals surface area contributed by atoms with Crippen molar-refractivity contribution in [1.29, 1.82) is 0 Å². The summed E-state index contributed by atoms with van der Waals surface area (Å²) in [5.41, 5.74) is 2.82. The van der Waals surface area contributed by atoms with Gasteiger partial charge in [-0.25, -0.2) is 0 Å². The minimum Gasteiger partial charge on any atom is -0.507 e. The summed E-state index contributed by atoms with van der Waals surface area (Å²) in [6.45, 7) is 16.2. The Morgan fingerprint density at radius 1 is 0.812 bits per heavy atom. The minimum atomic E-state index is -4.34. The third-order valence-electron chi connectivity index (χ3n) is 6.17. The van der Waals surface area contributed by atoms with Gasteiger partial charge >= 0.3 is 6.18 Å². The first-order valence-electron chi connectivity index (χ1n) is 11.2. The normalized spacial score (nSPS) is 16.5. The molecule has 2 aromatic rings. The number of hydrogen-bond donors (Lipinski definition) is 1. The van der Waals surface area contributed by atoms with Crippen molar-refractivity contribution in [3.05, 3.63) is 58.7 Å². The second kappa shape index (κ2) is 8.62. The van der Waals surface area contributed by atoms with E-state index in [1.54, 1.807) is 6.07 Å². The van der Waals surface area contributed by atoms with Crippen LogP contribution in [-0.4, -0.2) is 36.2 Å². The molecule has 176 valence electrons. The van der Waals surface area contributed by atoms with Crippen molar-refractivity contribution in [2.24, 2.45) is 0 Å². The van der Waals surface area contributed by atoms with Gasteiger partial charge in [0.05, 0.1) is 5.56 Å². The van der Waals surface area contributed by atoms with E-state index in [4.69, 9.17) is 0 Å². The number of phenolic OH excluding ortho intramolecular Hbond substituents is 1. The molecule has 3 nitrogen and oxygen atoms in total. The number of aromatic hydroxyl groups is 1. The van der Waals surface area contributed by atoms with Crippen LogP contribution in [0.5, 0.6) is 5.75 Å². The fraction of sp³-hybridized carbons (Fsp3) is 0.538. The van der Waals surface area contributed by atoms with E-state index >= 15 is 0 Å². The van der Waals surface area contributed by atoms with E-state index in [0.717, 1.165) is 30.3 Å². The highest BCUT2D eigenvalue weighted by Crippen LogP contribution is 2.38. The molecule has 1 aliphatic heterocycles. The number of piperazine rings is 1. The molecule has 0 aliphatic carbocycles. The van der Waals surface area contributed by atoms with Gasteiger partial charge in [-0.3, -0.25) is 4.90 Å². The first-order chi connectivity index (χ1) is 14.7. The number of hydrogen-bond acceptors (Lipinski definition) is 3. The van der Waals surface area contributed by atoms with Crippen LogP contribution in [0.15, 0.2) is 36.4 Å². The van der Waals surface area contributed by atoms with Crippen LogP contribution >= 0.6 is 0 Å². The lowest BCUT2D eigenvalue weighted by Gasteiger charge is -2.37. The predicted octanol–water partition coefficient (Wildman–Crippen LogP) is 6.33. The summed E-state index contributed by atoms with van der Waals surface area (Å²) < 4.78 is 39.2. The fourth-order valence-electron chi connectivity index (χ4n) is 4.10. The van der Waals surface area contributed by atoms with Gasteiger partial charge in [-0.2, -0.15) is 13.2 Å². The summed E-state index contributed by atoms with van der Waals surface area (Å²) in [5.74, 6) is 0.353. The van der Waals surface area contributed by atoms with Gasteiger partial charge in [0.25, 0.3) is 0 Å². The SMILES string of the molecule is CC(C)(C)c1cc(CN2CCN(c3cccc(C(F)(F)F)c3)CC2)c(O)c(C(C)(C)C)c1. The molecule has 0 atom stereocenters. The quantitative estimate of drug-likeness (QED) is 0.595. The van der Waals surface area contributed by atoms with Crippen LogP contribution in [0.2, 0.25) is 0 Å². The molecule has 6 heteroatoms. The van der Waals surface area contributed by atoms with Crippen molar-refractivity contribution in [3.63, 3.8) is 0 Å². The Bertz CT molecular complexity index is 947. The van der Waals surface area contributed by atoms with Crippen molar-refractivity contribution < 1.29 is 18.3 Å². The molecular weight excluding hydrogens is 413 g/mol. The van der Waals surface area contributed by atoms with Crippen molar-refractivity contribution in [2.75, 3.05) is 31.1 Å². The molecule has 1 fully saturated rings. The van der Waals surface area contributed by atoms with Gasteiger partial charge in [-0.15, -0.1) is 0 Å². The van der Waals surface area contributed by atoms with E-state index in [1.165, 1.54) is 17.7 Å². The van der Waals surface area contributed by atoms with Crippen LogP contribution in [0.4, 0.5) is 18.9 Å². The highest BCUT2D eigenvalue weighted by atomic mass is 19.4. The molecule has 1 N–H and O–H groups in total. The third-order valence-corrected chi connectivity index (χ3v) is 6.17. The maximum absolute atomic E-state index is 13.1. The monoisotopic (exact) mass is 448 g/mol. The number of rotatable bonds is 3. The van der Waals surface area contributed by atoms with Crippen LogP contribution in [0.25, 0.3) is 0 Å². The lowest BCUT2D eigenvalue weighted by atomic mass is 9.79. The molecule has 1 aliphatic rings. The van der Waals surface area contributed by atoms with Gasteiger partial charge < -0.3 is 10.0 Å². The standard InChI is InChI=1S/C26H35F3N2O/c1-24(2,3)20-14-18(23(32)22(16-20)25(4,5)6)17-30-10-12-31(13-11-30)21-9-7-8-19(15-21)26(27,28)29/h7-9,14-16,32H,10-13,17H2,1-6H3. The molecule has 32 heavy (non-hydrogen) atoms. The molecule has 1 heterocycles. The van der Waals surface area contributed by atoms with Crippen LogP contribution in [0.3, 0.4) is 0 Å². The van der Waals surface area contributed by atoms with Crippen molar-refractivity contribution in [2.45, 2.75) is 65.1 Å². The average molecular weight is 449 g/mol. The zero-order valence-corrected chi connectivity index (χ0v) is 20.0. The Morgan fingerprint density at radius 3 is 1.97 bits per heavy atom. The molecule has 3 rings (SSSR count). The first kappa shape index (κ1) is 24.4. The Hall–Kier alpha value is -2.21. The van der Waals surface area contributed by atoms with Crippen LogP contribution in [-0.2, 0) is 23.6 Å². The Balaban J connectivity index is 1.77. The van der Waals surface area contributed by atoms with Crippen LogP contribution in [0.1, 0.15) is 63.8 Å². The third kappa shape index (κ3) is 5.58. The minimum absolute atomic E-state index is 0.0371. The zero-order valence-electron chi connectivity index (χ0n) is 20.0. The van der Waals surface area contributed by atoms with Gasteiger partial charge in [0, 0.05) is 44.0 Å². The molecule has 0 spiro atoms. The van der Waals surface area contributed by atoms with Gasteiger partial charge in [-0.05, 0) is 40.2 Å². The summed E-state index contributed by atoms with van der Waals surface area (Å²) in [6.07, 6.45) is -4.34. The largest absolute Gasteiger partial charge is 0.507 e. The van der Waals surface area contributed by atoms with Gasteiger partial charge in [0.2, 0.25) is 0 Å². The van der Waals surface area contributed by atoms with Crippen molar-refractivity contribution >= 4 is 5.69 Å². The topological polar surface area (TPSA) is 26.7 Å². The number of anilines is 1. The second-order valence-electron chi connectivity index (χ2n) is 10.8. The molecule has 0 saturated carbocycles. The summed E-state index contributed by atoms with van der Waals surface area (Å²) in [6, 6.07) is 9.75. The Labute approximate surface area is 189 Å². The van der Waals surface area contributed by atoms with Crippen LogP contribution < -0.4 is 4.90 Å². The number of benzene rings is 2. The van der Waals surface area contributed by atoms with E-state index in [0.29, 0.717) is 31.1 Å². The lowest BCUT2D eigenvalue weighted by molar-refractivity contribution is -0.137. The number of halogens is 3. The number of nitrogens with zero attached hydrogens (tertiary/aromatic N) is 2. The van der Waals surface area contributed by atoms with E-state index in [9.17, 15) is 18.3 Å². The van der Waals surface area contributed by atoms with Crippen molar-refractivity contribution in [1.82, 2.24) is 4.90 Å². The Kier molecular flexibility index (Phi) is 6.58. The van der Waals surface area contributed by atoms with Gasteiger partial charge in [0.1, 0.15) is 5.75 Å². The van der Waals surface area contributed by atoms with E-state index in [-0.39, 0.29) is 10.8 Å².